The van der Waals surface area contributed by atoms with Crippen molar-refractivity contribution >= 4 is 0 Å². The van der Waals surface area contributed by atoms with Gasteiger partial charge >= 0.3 is 0 Å². The first-order valence-electron chi connectivity index (χ1n) is 7.06. The predicted octanol–water partition coefficient (Wildman–Crippen LogP) is 5.73. The zero-order valence-electron chi connectivity index (χ0n) is 11.8. The summed E-state index contributed by atoms with van der Waals surface area (Å²) in [6.45, 7) is 8.34. The van der Waals surface area contributed by atoms with Gasteiger partial charge in [0, 0.05) is 0 Å². The fourth-order valence-corrected chi connectivity index (χ4v) is 2.01. The molecule has 0 N–H and O–H groups in total. The van der Waals surface area contributed by atoms with Crippen LogP contribution in [0.4, 0.5) is 0 Å². The Kier molecular flexibility index (Phi) is 7.17. The Morgan fingerprint density at radius 3 is 2.22 bits per heavy atom. The molecule has 0 aliphatic carbocycles. The molecule has 0 saturated heterocycles. The predicted molar refractivity (Wildman–Crippen MR) is 81.8 cm³/mol. The van der Waals surface area contributed by atoms with E-state index in [0.29, 0.717) is 11.8 Å². The first kappa shape index (κ1) is 14.8. The van der Waals surface area contributed by atoms with E-state index in [4.69, 9.17) is 0 Å². The molecule has 0 bridgehead atoms. The minimum absolute atomic E-state index is 0.637. The van der Waals surface area contributed by atoms with Crippen LogP contribution in [0.3, 0.4) is 0 Å². The summed E-state index contributed by atoms with van der Waals surface area (Å²) in [5.41, 5.74) is 1.45. The van der Waals surface area contributed by atoms with Crippen molar-refractivity contribution in [3.63, 3.8) is 0 Å². The fraction of sp³-hybridized carbons (Fsp3) is 0.444. The maximum Gasteiger partial charge on any atom is -0.0187 e. The number of rotatable bonds is 8. The molecule has 98 valence electrons. The van der Waals surface area contributed by atoms with Gasteiger partial charge in [-0.2, -0.15) is 0 Å². The number of benzene rings is 1. The molecule has 0 radical (unpaired) electrons. The van der Waals surface area contributed by atoms with Crippen LogP contribution in [0, 0.1) is 5.92 Å². The lowest BCUT2D eigenvalue weighted by Gasteiger charge is -2.09. The van der Waals surface area contributed by atoms with E-state index in [1.165, 1.54) is 31.2 Å². The second-order valence-electron chi connectivity index (χ2n) is 5.15. The van der Waals surface area contributed by atoms with E-state index in [0.717, 1.165) is 0 Å². The van der Waals surface area contributed by atoms with Crippen LogP contribution in [0.25, 0.3) is 0 Å². The maximum absolute atomic E-state index is 3.81. The van der Waals surface area contributed by atoms with Crippen LogP contribution in [-0.4, -0.2) is 0 Å². The smallest absolute Gasteiger partial charge is 0.0187 e. The van der Waals surface area contributed by atoms with E-state index in [9.17, 15) is 0 Å². The van der Waals surface area contributed by atoms with Gasteiger partial charge in [0.15, 0.2) is 0 Å². The van der Waals surface area contributed by atoms with Gasteiger partial charge in [-0.15, -0.1) is 6.58 Å². The first-order chi connectivity index (χ1) is 8.74. The lowest BCUT2D eigenvalue weighted by atomic mass is 9.96. The van der Waals surface area contributed by atoms with E-state index in [2.05, 4.69) is 62.9 Å². The van der Waals surface area contributed by atoms with E-state index >= 15 is 0 Å². The van der Waals surface area contributed by atoms with Gasteiger partial charge in [-0.05, 0) is 43.1 Å². The molecule has 0 aromatic heterocycles. The van der Waals surface area contributed by atoms with Crippen molar-refractivity contribution < 1.29 is 0 Å². The van der Waals surface area contributed by atoms with Crippen molar-refractivity contribution in [1.29, 1.82) is 0 Å². The van der Waals surface area contributed by atoms with Gasteiger partial charge in [0.2, 0.25) is 0 Å². The molecule has 0 aliphatic heterocycles. The molecule has 0 amide bonds. The molecule has 0 heterocycles. The van der Waals surface area contributed by atoms with Crippen molar-refractivity contribution in [2.75, 3.05) is 0 Å². The van der Waals surface area contributed by atoms with Crippen LogP contribution in [0.2, 0.25) is 0 Å². The molecular formula is C18H26. The molecule has 0 nitrogen and oxygen atoms in total. The highest BCUT2D eigenvalue weighted by Gasteiger charge is 2.02. The van der Waals surface area contributed by atoms with Crippen LogP contribution < -0.4 is 0 Å². The zero-order chi connectivity index (χ0) is 13.2. The Morgan fingerprint density at radius 2 is 1.61 bits per heavy atom. The highest BCUT2D eigenvalue weighted by molar-refractivity contribution is 5.18. The number of allylic oxidation sites excluding steroid dienone is 3. The van der Waals surface area contributed by atoms with Gasteiger partial charge in [0.05, 0.1) is 0 Å². The zero-order valence-corrected chi connectivity index (χ0v) is 11.8. The third-order valence-corrected chi connectivity index (χ3v) is 3.49. The first-order valence-corrected chi connectivity index (χ1v) is 7.06. The monoisotopic (exact) mass is 242 g/mol. The molecule has 1 aromatic carbocycles. The Bertz CT molecular complexity index is 348. The largest absolute Gasteiger partial charge is 0.103 e. The minimum atomic E-state index is 0.637. The van der Waals surface area contributed by atoms with Gasteiger partial charge in [0.1, 0.15) is 0 Å². The Hall–Kier alpha value is -1.30. The van der Waals surface area contributed by atoms with Crippen molar-refractivity contribution in [2.45, 2.75) is 45.4 Å². The summed E-state index contributed by atoms with van der Waals surface area (Å²) in [4.78, 5) is 0. The number of hydrogen-bond donors (Lipinski definition) is 0. The van der Waals surface area contributed by atoms with Crippen LogP contribution in [0.5, 0.6) is 0 Å². The van der Waals surface area contributed by atoms with Crippen molar-refractivity contribution in [3.8, 4) is 0 Å². The summed E-state index contributed by atoms with van der Waals surface area (Å²) < 4.78 is 0. The topological polar surface area (TPSA) is 0 Å². The Morgan fingerprint density at radius 1 is 1.00 bits per heavy atom. The Labute approximate surface area is 112 Å². The molecule has 0 heteroatoms. The third kappa shape index (κ3) is 5.86. The average molecular weight is 242 g/mol. The van der Waals surface area contributed by atoms with Crippen LogP contribution in [0.15, 0.2) is 55.1 Å². The summed E-state index contributed by atoms with van der Waals surface area (Å²) >= 11 is 0. The molecule has 0 spiro atoms. The quantitative estimate of drug-likeness (QED) is 0.511. The van der Waals surface area contributed by atoms with Crippen LogP contribution >= 0.6 is 0 Å². The SMILES string of the molecule is C=CC(C)CC/C=C/CCC(C)c1ccccc1. The fourth-order valence-electron chi connectivity index (χ4n) is 2.01. The van der Waals surface area contributed by atoms with E-state index in [-0.39, 0.29) is 0 Å². The standard InChI is InChI=1S/C18H26/c1-4-16(2)12-8-5-6-9-13-17(3)18-14-10-7-11-15-18/h4-7,10-11,14-17H,1,8-9,12-13H2,2-3H3/b6-5+. The lowest BCUT2D eigenvalue weighted by molar-refractivity contribution is 0.655. The molecular weight excluding hydrogens is 216 g/mol. The summed E-state index contributed by atoms with van der Waals surface area (Å²) in [6, 6.07) is 10.8. The molecule has 1 rings (SSSR count). The Balaban J connectivity index is 2.18. The third-order valence-electron chi connectivity index (χ3n) is 3.49. The second kappa shape index (κ2) is 8.74. The van der Waals surface area contributed by atoms with Crippen molar-refractivity contribution in [2.24, 2.45) is 5.92 Å². The van der Waals surface area contributed by atoms with Crippen molar-refractivity contribution in [1.82, 2.24) is 0 Å². The molecule has 2 unspecified atom stereocenters. The van der Waals surface area contributed by atoms with Gasteiger partial charge in [-0.3, -0.25) is 0 Å². The van der Waals surface area contributed by atoms with Crippen LogP contribution in [0.1, 0.15) is 51.0 Å². The second-order valence-corrected chi connectivity index (χ2v) is 5.15. The molecule has 0 fully saturated rings. The van der Waals surface area contributed by atoms with Crippen LogP contribution in [-0.2, 0) is 0 Å². The van der Waals surface area contributed by atoms with Gasteiger partial charge in [-0.25, -0.2) is 0 Å². The highest BCUT2D eigenvalue weighted by atomic mass is 14.1. The average Bonchev–Trinajstić information content (AvgIpc) is 2.43. The minimum Gasteiger partial charge on any atom is -0.103 e. The molecule has 18 heavy (non-hydrogen) atoms. The maximum atomic E-state index is 3.81. The summed E-state index contributed by atoms with van der Waals surface area (Å²) in [5.74, 6) is 1.29. The molecule has 0 aliphatic rings. The molecule has 1 aromatic rings. The van der Waals surface area contributed by atoms with Crippen molar-refractivity contribution in [3.05, 3.63) is 60.7 Å². The van der Waals surface area contributed by atoms with E-state index in [1.54, 1.807) is 0 Å². The normalized spacial score (nSPS) is 14.6. The van der Waals surface area contributed by atoms with Gasteiger partial charge < -0.3 is 0 Å². The van der Waals surface area contributed by atoms with Gasteiger partial charge in [0.25, 0.3) is 0 Å². The molecule has 0 saturated carbocycles. The van der Waals surface area contributed by atoms with Gasteiger partial charge in [-0.1, -0.05) is 62.4 Å². The summed E-state index contributed by atoms with van der Waals surface area (Å²) in [7, 11) is 0. The summed E-state index contributed by atoms with van der Waals surface area (Å²) in [5, 5.41) is 0. The van der Waals surface area contributed by atoms with E-state index in [1.807, 2.05) is 6.08 Å². The molecule has 2 atom stereocenters. The summed E-state index contributed by atoms with van der Waals surface area (Å²) in [6.07, 6.45) is 11.5. The number of hydrogen-bond acceptors (Lipinski definition) is 0. The van der Waals surface area contributed by atoms with E-state index < -0.39 is 0 Å². The lowest BCUT2D eigenvalue weighted by Crippen LogP contribution is -1.92. The highest BCUT2D eigenvalue weighted by Crippen LogP contribution is 2.20.